The number of aromatic nitrogens is 3. The van der Waals surface area contributed by atoms with Gasteiger partial charge in [0.2, 0.25) is 0 Å². The van der Waals surface area contributed by atoms with Crippen molar-refractivity contribution in [1.29, 1.82) is 0 Å². The number of ether oxygens (including phenoxy) is 1. The van der Waals surface area contributed by atoms with E-state index in [2.05, 4.69) is 15.4 Å². The van der Waals surface area contributed by atoms with E-state index in [0.29, 0.717) is 32.5 Å². The van der Waals surface area contributed by atoms with Crippen molar-refractivity contribution in [2.75, 3.05) is 25.5 Å². The van der Waals surface area contributed by atoms with Gasteiger partial charge in [-0.1, -0.05) is 24.2 Å². The molecule has 170 valence electrons. The maximum absolute atomic E-state index is 13.3. The lowest BCUT2D eigenvalue weighted by Crippen LogP contribution is -2.32. The third-order valence-electron chi connectivity index (χ3n) is 5.53. The fourth-order valence-electron chi connectivity index (χ4n) is 3.80. The number of nitrogens with one attached hydrogen (secondary N) is 1. The van der Waals surface area contributed by atoms with Crippen molar-refractivity contribution in [3.63, 3.8) is 0 Å². The Morgan fingerprint density at radius 1 is 1.06 bits per heavy atom. The molecular formula is C23H29N5O3S. The molecule has 3 heterocycles. The summed E-state index contributed by atoms with van der Waals surface area (Å²) in [4.78, 5) is 32.6. The van der Waals surface area contributed by atoms with Crippen LogP contribution in [0.15, 0.2) is 24.3 Å². The first-order valence-corrected chi connectivity index (χ1v) is 11.7. The van der Waals surface area contributed by atoms with E-state index in [1.54, 1.807) is 36.1 Å². The number of hydrogen-bond donors (Lipinski definition) is 1. The molecule has 2 amide bonds. The summed E-state index contributed by atoms with van der Waals surface area (Å²) in [5.41, 5.74) is 1.18. The average molecular weight is 456 g/mol. The molecule has 1 aliphatic rings. The second kappa shape index (κ2) is 8.90. The van der Waals surface area contributed by atoms with Crippen LogP contribution in [-0.2, 0) is 5.54 Å². The number of carbonyl (C=O) groups is 2. The van der Waals surface area contributed by atoms with E-state index < -0.39 is 0 Å². The number of hydrogen-bond acceptors (Lipinski definition) is 6. The van der Waals surface area contributed by atoms with Crippen molar-refractivity contribution in [2.45, 2.75) is 52.0 Å². The number of methoxy groups -OCH3 is 1. The molecule has 1 fully saturated rings. The molecule has 0 spiro atoms. The monoisotopic (exact) mass is 455 g/mol. The van der Waals surface area contributed by atoms with E-state index in [9.17, 15) is 9.59 Å². The lowest BCUT2D eigenvalue weighted by atomic mass is 10.1. The molecule has 32 heavy (non-hydrogen) atoms. The number of benzene rings is 1. The fraction of sp³-hybridized carbons (Fsp3) is 0.478. The Kier molecular flexibility index (Phi) is 6.19. The first-order valence-electron chi connectivity index (χ1n) is 10.9. The molecule has 2 aromatic heterocycles. The van der Waals surface area contributed by atoms with Crippen molar-refractivity contribution >= 4 is 38.6 Å². The minimum absolute atomic E-state index is 0.0587. The molecule has 0 radical (unpaired) electrons. The number of rotatable bonds is 4. The molecule has 0 unspecified atom stereocenters. The maximum atomic E-state index is 13.3. The zero-order valence-corrected chi connectivity index (χ0v) is 19.8. The zero-order valence-electron chi connectivity index (χ0n) is 19.0. The van der Waals surface area contributed by atoms with Crippen LogP contribution >= 0.6 is 11.3 Å². The number of likely N-dealkylation sites (tertiary alicyclic amines) is 1. The summed E-state index contributed by atoms with van der Waals surface area (Å²) in [6.45, 7) is 7.57. The fourth-order valence-corrected chi connectivity index (χ4v) is 4.72. The molecule has 3 aromatic rings. The molecule has 1 saturated heterocycles. The van der Waals surface area contributed by atoms with Crippen molar-refractivity contribution in [3.05, 3.63) is 35.5 Å². The minimum Gasteiger partial charge on any atom is -0.497 e. The summed E-state index contributed by atoms with van der Waals surface area (Å²) in [6.07, 6.45) is 4.33. The van der Waals surface area contributed by atoms with Crippen LogP contribution in [0.2, 0.25) is 0 Å². The van der Waals surface area contributed by atoms with Crippen LogP contribution in [0.25, 0.3) is 10.3 Å². The van der Waals surface area contributed by atoms with Gasteiger partial charge in [0, 0.05) is 18.7 Å². The van der Waals surface area contributed by atoms with Gasteiger partial charge in [0.1, 0.15) is 10.4 Å². The van der Waals surface area contributed by atoms with Gasteiger partial charge in [-0.05, 0) is 57.9 Å². The highest BCUT2D eigenvalue weighted by Crippen LogP contribution is 2.33. The smallest absolute Gasteiger partial charge is 0.275 e. The number of nitrogens with zero attached hydrogens (tertiary/aromatic N) is 4. The Bertz CT molecular complexity index is 1120. The van der Waals surface area contributed by atoms with Gasteiger partial charge in [0.05, 0.1) is 12.6 Å². The Morgan fingerprint density at radius 3 is 2.31 bits per heavy atom. The van der Waals surface area contributed by atoms with Gasteiger partial charge in [-0.25, -0.2) is 4.68 Å². The predicted molar refractivity (Wildman–Crippen MR) is 126 cm³/mol. The summed E-state index contributed by atoms with van der Waals surface area (Å²) in [6, 6.07) is 6.88. The van der Waals surface area contributed by atoms with E-state index in [0.717, 1.165) is 38.8 Å². The lowest BCUT2D eigenvalue weighted by molar-refractivity contribution is 0.0756. The van der Waals surface area contributed by atoms with E-state index in [4.69, 9.17) is 4.74 Å². The summed E-state index contributed by atoms with van der Waals surface area (Å²) in [5, 5.41) is 7.98. The van der Waals surface area contributed by atoms with Crippen LogP contribution in [-0.4, -0.2) is 51.7 Å². The molecule has 0 bridgehead atoms. The number of carbonyl (C=O) groups excluding carboxylic acids is 2. The topological polar surface area (TPSA) is 89.3 Å². The highest BCUT2D eigenvalue weighted by molar-refractivity contribution is 7.22. The largest absolute Gasteiger partial charge is 0.497 e. The summed E-state index contributed by atoms with van der Waals surface area (Å²) >= 11 is 1.29. The minimum atomic E-state index is -0.360. The van der Waals surface area contributed by atoms with E-state index in [1.807, 2.05) is 25.7 Å². The standard InChI is InChI=1S/C23H29N5O3S/c1-23(2,3)28-19-18(17(26-28)21(30)27-13-7-5-6-8-14-27)32-22(24-19)25-20(29)15-9-11-16(31-4)12-10-15/h9-12H,5-8,13-14H2,1-4H3,(H,24,25,29). The van der Waals surface area contributed by atoms with Crippen molar-refractivity contribution in [1.82, 2.24) is 19.7 Å². The van der Waals surface area contributed by atoms with Crippen LogP contribution < -0.4 is 10.1 Å². The van der Waals surface area contributed by atoms with Gasteiger partial charge in [-0.3, -0.25) is 14.9 Å². The van der Waals surface area contributed by atoms with Crippen LogP contribution in [0.3, 0.4) is 0 Å². The Hall–Kier alpha value is -2.94. The molecule has 0 aliphatic carbocycles. The first-order chi connectivity index (χ1) is 15.3. The van der Waals surface area contributed by atoms with Gasteiger partial charge in [-0.15, -0.1) is 0 Å². The van der Waals surface area contributed by atoms with Crippen LogP contribution in [0.1, 0.15) is 67.3 Å². The van der Waals surface area contributed by atoms with Crippen LogP contribution in [0.4, 0.5) is 5.13 Å². The lowest BCUT2D eigenvalue weighted by Gasteiger charge is -2.20. The van der Waals surface area contributed by atoms with Gasteiger partial charge < -0.3 is 9.64 Å². The van der Waals surface area contributed by atoms with Crippen molar-refractivity contribution in [3.8, 4) is 5.75 Å². The van der Waals surface area contributed by atoms with Crippen LogP contribution in [0, 0.1) is 0 Å². The third-order valence-corrected chi connectivity index (χ3v) is 6.50. The van der Waals surface area contributed by atoms with Crippen molar-refractivity contribution < 1.29 is 14.3 Å². The number of fused-ring (bicyclic) bond motifs is 1. The Balaban J connectivity index is 1.66. The molecule has 0 saturated carbocycles. The van der Waals surface area contributed by atoms with E-state index >= 15 is 0 Å². The molecule has 4 rings (SSSR count). The number of thiazole rings is 1. The third kappa shape index (κ3) is 4.48. The highest BCUT2D eigenvalue weighted by atomic mass is 32.1. The van der Waals surface area contributed by atoms with E-state index in [-0.39, 0.29) is 17.4 Å². The highest BCUT2D eigenvalue weighted by Gasteiger charge is 2.29. The maximum Gasteiger partial charge on any atom is 0.275 e. The molecule has 0 atom stereocenters. The molecule has 8 nitrogen and oxygen atoms in total. The second-order valence-corrected chi connectivity index (χ2v) is 9.99. The second-order valence-electron chi connectivity index (χ2n) is 8.99. The summed E-state index contributed by atoms with van der Waals surface area (Å²) in [7, 11) is 1.58. The number of anilines is 1. The molecular weight excluding hydrogens is 426 g/mol. The number of amides is 2. The van der Waals surface area contributed by atoms with Gasteiger partial charge >= 0.3 is 0 Å². The van der Waals surface area contributed by atoms with Gasteiger partial charge in [-0.2, -0.15) is 10.1 Å². The molecule has 9 heteroatoms. The summed E-state index contributed by atoms with van der Waals surface area (Å²) < 4.78 is 7.64. The van der Waals surface area contributed by atoms with Crippen LogP contribution in [0.5, 0.6) is 5.75 Å². The summed E-state index contributed by atoms with van der Waals surface area (Å²) in [5.74, 6) is 0.361. The SMILES string of the molecule is COc1ccc(C(=O)Nc2nc3c(s2)c(C(=O)N2CCCCCC2)nn3C(C)(C)C)cc1. The van der Waals surface area contributed by atoms with Crippen molar-refractivity contribution in [2.24, 2.45) is 0 Å². The zero-order chi connectivity index (χ0) is 22.9. The molecule has 1 aromatic carbocycles. The quantitative estimate of drug-likeness (QED) is 0.625. The average Bonchev–Trinajstić information content (AvgIpc) is 3.19. The molecule has 1 aliphatic heterocycles. The predicted octanol–water partition coefficient (Wildman–Crippen LogP) is 4.52. The van der Waals surface area contributed by atoms with Gasteiger partial charge in [0.25, 0.3) is 11.8 Å². The van der Waals surface area contributed by atoms with Gasteiger partial charge in [0.15, 0.2) is 16.5 Å². The Morgan fingerprint density at radius 2 is 1.72 bits per heavy atom. The first kappa shape index (κ1) is 22.3. The molecule has 1 N–H and O–H groups in total. The normalized spacial score (nSPS) is 14.9. The Labute approximate surface area is 191 Å². The van der Waals surface area contributed by atoms with E-state index in [1.165, 1.54) is 11.3 Å².